The lowest BCUT2D eigenvalue weighted by atomic mass is 9.80. The van der Waals surface area contributed by atoms with Gasteiger partial charge in [-0.15, -0.1) is 0 Å². The van der Waals surface area contributed by atoms with Crippen molar-refractivity contribution < 1.29 is 13.5 Å². The van der Waals surface area contributed by atoms with E-state index in [0.29, 0.717) is 19.4 Å². The molecule has 4 nitrogen and oxygen atoms in total. The number of sulfone groups is 1. The minimum atomic E-state index is -2.99. The fourth-order valence-electron chi connectivity index (χ4n) is 2.46. The highest BCUT2D eigenvalue weighted by Crippen LogP contribution is 2.44. The molecule has 0 unspecified atom stereocenters. The van der Waals surface area contributed by atoms with Crippen molar-refractivity contribution in [2.45, 2.75) is 31.9 Å². The maximum absolute atomic E-state index is 11.7. The van der Waals surface area contributed by atoms with Crippen molar-refractivity contribution in [3.8, 4) is 0 Å². The molecule has 90 valence electrons. The van der Waals surface area contributed by atoms with Gasteiger partial charge in [0.1, 0.15) is 0 Å². The predicted octanol–water partition coefficient (Wildman–Crippen LogP) is 0.157. The van der Waals surface area contributed by atoms with E-state index < -0.39 is 9.84 Å². The Morgan fingerprint density at radius 1 is 1.53 bits per heavy atom. The first-order chi connectivity index (χ1) is 6.91. The van der Waals surface area contributed by atoms with Crippen LogP contribution < -0.4 is 5.73 Å². The molecular formula is C10H21NO3S. The van der Waals surface area contributed by atoms with Crippen LogP contribution in [0.25, 0.3) is 0 Å². The van der Waals surface area contributed by atoms with Gasteiger partial charge in [0, 0.05) is 17.7 Å². The van der Waals surface area contributed by atoms with Gasteiger partial charge in [-0.2, -0.15) is 0 Å². The molecule has 0 heterocycles. The number of aliphatic hydroxyl groups is 1. The van der Waals surface area contributed by atoms with Crippen molar-refractivity contribution in [3.05, 3.63) is 0 Å². The van der Waals surface area contributed by atoms with Crippen molar-refractivity contribution in [1.82, 2.24) is 0 Å². The number of hydrogen-bond acceptors (Lipinski definition) is 4. The van der Waals surface area contributed by atoms with Gasteiger partial charge in [0.15, 0.2) is 9.84 Å². The Bertz CT molecular complexity index is 309. The van der Waals surface area contributed by atoms with Crippen molar-refractivity contribution in [1.29, 1.82) is 0 Å². The van der Waals surface area contributed by atoms with Gasteiger partial charge in [0.25, 0.3) is 0 Å². The summed E-state index contributed by atoms with van der Waals surface area (Å²) in [6, 6.07) is 0. The van der Waals surface area contributed by atoms with Crippen LogP contribution in [0.2, 0.25) is 0 Å². The second-order valence-corrected chi connectivity index (χ2v) is 7.21. The average molecular weight is 235 g/mol. The minimum Gasteiger partial charge on any atom is -0.396 e. The highest BCUT2D eigenvalue weighted by molar-refractivity contribution is 7.92. The van der Waals surface area contributed by atoms with Gasteiger partial charge in [-0.25, -0.2) is 8.42 Å². The lowest BCUT2D eigenvalue weighted by Crippen LogP contribution is -2.37. The Morgan fingerprint density at radius 3 is 2.47 bits per heavy atom. The van der Waals surface area contributed by atoms with Gasteiger partial charge in [-0.05, 0) is 18.8 Å². The molecule has 1 rings (SSSR count). The van der Waals surface area contributed by atoms with E-state index in [-0.39, 0.29) is 28.9 Å². The molecule has 15 heavy (non-hydrogen) atoms. The second kappa shape index (κ2) is 4.39. The summed E-state index contributed by atoms with van der Waals surface area (Å²) in [4.78, 5) is 0. The van der Waals surface area contributed by atoms with E-state index in [0.717, 1.165) is 0 Å². The fourth-order valence-corrected chi connectivity index (χ4v) is 4.10. The van der Waals surface area contributed by atoms with Crippen LogP contribution in [0.15, 0.2) is 0 Å². The SMILES string of the molecule is CCS(=O)(=O)[C@H]1C[C@H](C)[C@@](CN)(CO)C1. The highest BCUT2D eigenvalue weighted by Gasteiger charge is 2.47. The van der Waals surface area contributed by atoms with Gasteiger partial charge >= 0.3 is 0 Å². The first-order valence-electron chi connectivity index (χ1n) is 5.44. The summed E-state index contributed by atoms with van der Waals surface area (Å²) in [5, 5.41) is 9.06. The second-order valence-electron chi connectivity index (χ2n) is 4.64. The van der Waals surface area contributed by atoms with Crippen LogP contribution in [0.5, 0.6) is 0 Å². The van der Waals surface area contributed by atoms with E-state index in [9.17, 15) is 13.5 Å². The lowest BCUT2D eigenvalue weighted by molar-refractivity contribution is 0.0996. The summed E-state index contributed by atoms with van der Waals surface area (Å²) in [6.45, 7) is 4.00. The average Bonchev–Trinajstić information content (AvgIpc) is 2.57. The zero-order valence-corrected chi connectivity index (χ0v) is 10.3. The Kier molecular flexibility index (Phi) is 3.79. The Hall–Kier alpha value is -0.130. The molecular weight excluding hydrogens is 214 g/mol. The Morgan fingerprint density at radius 2 is 2.13 bits per heavy atom. The number of rotatable bonds is 4. The third kappa shape index (κ3) is 2.19. The molecule has 0 amide bonds. The van der Waals surface area contributed by atoms with Crippen molar-refractivity contribution in [2.24, 2.45) is 17.1 Å². The van der Waals surface area contributed by atoms with E-state index >= 15 is 0 Å². The van der Waals surface area contributed by atoms with E-state index in [4.69, 9.17) is 5.73 Å². The molecule has 0 aromatic carbocycles. The summed E-state index contributed by atoms with van der Waals surface area (Å²) in [5.41, 5.74) is 5.28. The molecule has 1 saturated carbocycles. The third-order valence-corrected chi connectivity index (χ3v) is 6.11. The zero-order valence-electron chi connectivity index (χ0n) is 9.44. The standard InChI is InChI=1S/C10H21NO3S/c1-3-15(13,14)9-4-8(2)10(5-9,6-11)7-12/h8-9,12H,3-7,11H2,1-2H3/t8-,9-,10-/m0/s1. The largest absolute Gasteiger partial charge is 0.396 e. The summed E-state index contributed by atoms with van der Waals surface area (Å²) in [5.74, 6) is 0.357. The van der Waals surface area contributed by atoms with Crippen LogP contribution in [0.3, 0.4) is 0 Å². The van der Waals surface area contributed by atoms with E-state index in [2.05, 4.69) is 0 Å². The van der Waals surface area contributed by atoms with Gasteiger partial charge in [-0.1, -0.05) is 13.8 Å². The minimum absolute atomic E-state index is 0.0135. The predicted molar refractivity (Wildman–Crippen MR) is 60.2 cm³/mol. The maximum Gasteiger partial charge on any atom is 0.152 e. The molecule has 0 aromatic rings. The third-order valence-electron chi connectivity index (χ3n) is 3.93. The van der Waals surface area contributed by atoms with Crippen LogP contribution in [0, 0.1) is 11.3 Å². The van der Waals surface area contributed by atoms with Gasteiger partial charge in [0.05, 0.1) is 11.9 Å². The molecule has 0 aliphatic heterocycles. The molecule has 0 bridgehead atoms. The molecule has 3 N–H and O–H groups in total. The van der Waals surface area contributed by atoms with E-state index in [1.165, 1.54) is 0 Å². The molecule has 1 fully saturated rings. The molecule has 1 aliphatic carbocycles. The van der Waals surface area contributed by atoms with Crippen LogP contribution >= 0.6 is 0 Å². The first-order valence-corrected chi connectivity index (χ1v) is 7.16. The van der Waals surface area contributed by atoms with Crippen LogP contribution in [-0.2, 0) is 9.84 Å². The fraction of sp³-hybridized carbons (Fsp3) is 1.00. The normalized spacial score (nSPS) is 37.1. The van der Waals surface area contributed by atoms with Crippen LogP contribution in [-0.4, -0.2) is 37.7 Å². The smallest absolute Gasteiger partial charge is 0.152 e. The zero-order chi connectivity index (χ0) is 11.7. The Labute approximate surface area is 91.8 Å². The maximum atomic E-state index is 11.7. The molecule has 0 spiro atoms. The topological polar surface area (TPSA) is 80.4 Å². The molecule has 1 aliphatic rings. The molecule has 0 saturated heterocycles. The number of hydrogen-bond donors (Lipinski definition) is 2. The van der Waals surface area contributed by atoms with E-state index in [1.54, 1.807) is 6.92 Å². The summed E-state index contributed by atoms with van der Waals surface area (Å²) < 4.78 is 23.5. The van der Waals surface area contributed by atoms with Crippen molar-refractivity contribution in [3.63, 3.8) is 0 Å². The molecule has 5 heteroatoms. The van der Waals surface area contributed by atoms with Gasteiger partial charge in [0.2, 0.25) is 0 Å². The Balaban J connectivity index is 2.89. The lowest BCUT2D eigenvalue weighted by Gasteiger charge is -2.29. The van der Waals surface area contributed by atoms with Crippen LogP contribution in [0.1, 0.15) is 26.7 Å². The first kappa shape index (κ1) is 12.9. The molecule has 3 atom stereocenters. The van der Waals surface area contributed by atoms with Gasteiger partial charge < -0.3 is 10.8 Å². The quantitative estimate of drug-likeness (QED) is 0.727. The summed E-state index contributed by atoms with van der Waals surface area (Å²) in [6.07, 6.45) is 1.14. The van der Waals surface area contributed by atoms with E-state index in [1.807, 2.05) is 6.92 Å². The highest BCUT2D eigenvalue weighted by atomic mass is 32.2. The molecule has 0 radical (unpaired) electrons. The molecule has 0 aromatic heterocycles. The summed E-state index contributed by atoms with van der Waals surface area (Å²) in [7, 11) is -2.99. The number of nitrogens with two attached hydrogens (primary N) is 1. The van der Waals surface area contributed by atoms with Crippen LogP contribution in [0.4, 0.5) is 0 Å². The van der Waals surface area contributed by atoms with Gasteiger partial charge in [-0.3, -0.25) is 0 Å². The summed E-state index contributed by atoms with van der Waals surface area (Å²) >= 11 is 0. The monoisotopic (exact) mass is 235 g/mol. The van der Waals surface area contributed by atoms with Crippen molar-refractivity contribution in [2.75, 3.05) is 18.9 Å². The van der Waals surface area contributed by atoms with Crippen molar-refractivity contribution >= 4 is 9.84 Å². The number of aliphatic hydroxyl groups excluding tert-OH is 1.